The highest BCUT2D eigenvalue weighted by Gasteiger charge is 2.22. The Morgan fingerprint density at radius 1 is 1.30 bits per heavy atom. The maximum atomic E-state index is 4.48. The van der Waals surface area contributed by atoms with E-state index in [-0.39, 0.29) is 0 Å². The van der Waals surface area contributed by atoms with Crippen LogP contribution < -0.4 is 10.2 Å². The molecule has 1 aliphatic heterocycles. The summed E-state index contributed by atoms with van der Waals surface area (Å²) in [5.74, 6) is 0.954. The van der Waals surface area contributed by atoms with Crippen LogP contribution in [-0.2, 0) is 0 Å². The van der Waals surface area contributed by atoms with Crippen molar-refractivity contribution < 1.29 is 0 Å². The minimum absolute atomic E-state index is 0.389. The van der Waals surface area contributed by atoms with E-state index in [1.54, 1.807) is 12.7 Å². The first-order chi connectivity index (χ1) is 9.75. The topological polar surface area (TPSA) is 69.7 Å². The van der Waals surface area contributed by atoms with Crippen LogP contribution in [0.5, 0.6) is 0 Å². The van der Waals surface area contributed by atoms with Crippen molar-refractivity contribution in [3.05, 3.63) is 12.7 Å². The van der Waals surface area contributed by atoms with Gasteiger partial charge in [0.1, 0.15) is 11.8 Å². The molecule has 0 aliphatic carbocycles. The first kappa shape index (κ1) is 13.3. The quantitative estimate of drug-likeness (QED) is 0.888. The summed E-state index contributed by atoms with van der Waals surface area (Å²) in [4.78, 5) is 18.4. The molecular weight excluding hydrogens is 252 g/mol. The zero-order chi connectivity index (χ0) is 13.9. The van der Waals surface area contributed by atoms with Crippen molar-refractivity contribution in [3.8, 4) is 0 Å². The molecule has 6 nitrogen and oxygen atoms in total. The molecule has 20 heavy (non-hydrogen) atoms. The summed E-state index contributed by atoms with van der Waals surface area (Å²) < 4.78 is 0. The van der Waals surface area contributed by atoms with E-state index in [1.165, 1.54) is 19.3 Å². The SMILES string of the molecule is CC(C)N(CC1CCCCN1)c1ncnc2nc[nH]c12. The molecule has 0 bridgehead atoms. The molecule has 3 rings (SSSR count). The maximum absolute atomic E-state index is 4.48. The zero-order valence-corrected chi connectivity index (χ0v) is 12.1. The Morgan fingerprint density at radius 3 is 2.95 bits per heavy atom. The molecule has 1 atom stereocenters. The number of piperidine rings is 1. The Hall–Kier alpha value is -1.69. The number of nitrogens with one attached hydrogen (secondary N) is 2. The Labute approximate surface area is 119 Å². The molecular formula is C14H22N6. The number of aromatic amines is 1. The van der Waals surface area contributed by atoms with Gasteiger partial charge in [0.2, 0.25) is 0 Å². The summed E-state index contributed by atoms with van der Waals surface area (Å²) in [6, 6.07) is 0.930. The van der Waals surface area contributed by atoms with E-state index in [0.29, 0.717) is 12.1 Å². The van der Waals surface area contributed by atoms with Crippen molar-refractivity contribution in [2.75, 3.05) is 18.0 Å². The molecule has 1 unspecified atom stereocenters. The molecule has 1 aliphatic rings. The van der Waals surface area contributed by atoms with E-state index in [1.807, 2.05) is 0 Å². The zero-order valence-electron chi connectivity index (χ0n) is 12.1. The van der Waals surface area contributed by atoms with Gasteiger partial charge >= 0.3 is 0 Å². The fourth-order valence-corrected chi connectivity index (χ4v) is 2.83. The van der Waals surface area contributed by atoms with E-state index in [0.717, 1.165) is 30.1 Å². The second-order valence-electron chi connectivity index (χ2n) is 5.69. The van der Waals surface area contributed by atoms with Crippen LogP contribution in [-0.4, -0.2) is 45.1 Å². The Balaban J connectivity index is 1.87. The molecule has 0 amide bonds. The number of hydrogen-bond acceptors (Lipinski definition) is 5. The summed E-state index contributed by atoms with van der Waals surface area (Å²) in [6.07, 6.45) is 7.12. The summed E-state index contributed by atoms with van der Waals surface area (Å²) in [6.45, 7) is 6.50. The van der Waals surface area contributed by atoms with Gasteiger partial charge in [0, 0.05) is 18.6 Å². The van der Waals surface area contributed by atoms with Gasteiger partial charge in [-0.05, 0) is 33.2 Å². The summed E-state index contributed by atoms with van der Waals surface area (Å²) in [5, 5.41) is 3.61. The number of H-pyrrole nitrogens is 1. The van der Waals surface area contributed by atoms with Gasteiger partial charge in [-0.15, -0.1) is 0 Å². The highest BCUT2D eigenvalue weighted by Crippen LogP contribution is 2.23. The molecule has 0 spiro atoms. The number of hydrogen-bond donors (Lipinski definition) is 2. The number of anilines is 1. The smallest absolute Gasteiger partial charge is 0.182 e. The van der Waals surface area contributed by atoms with Crippen molar-refractivity contribution in [1.29, 1.82) is 0 Å². The molecule has 2 aromatic heterocycles. The average molecular weight is 274 g/mol. The van der Waals surface area contributed by atoms with Gasteiger partial charge in [-0.3, -0.25) is 0 Å². The fourth-order valence-electron chi connectivity index (χ4n) is 2.83. The predicted octanol–water partition coefficient (Wildman–Crippen LogP) is 1.71. The Morgan fingerprint density at radius 2 is 2.20 bits per heavy atom. The normalized spacial score (nSPS) is 19.6. The lowest BCUT2D eigenvalue weighted by molar-refractivity contribution is 0.393. The molecule has 3 heterocycles. The van der Waals surface area contributed by atoms with Gasteiger partial charge in [-0.25, -0.2) is 15.0 Å². The number of rotatable bonds is 4. The lowest BCUT2D eigenvalue weighted by Crippen LogP contribution is -2.46. The Bertz CT molecular complexity index is 558. The molecule has 0 radical (unpaired) electrons. The van der Waals surface area contributed by atoms with Crippen LogP contribution in [0.15, 0.2) is 12.7 Å². The number of fused-ring (bicyclic) bond motifs is 1. The third-order valence-electron chi connectivity index (χ3n) is 3.93. The molecule has 0 aromatic carbocycles. The van der Waals surface area contributed by atoms with Crippen LogP contribution in [0.4, 0.5) is 5.82 Å². The number of nitrogens with zero attached hydrogens (tertiary/aromatic N) is 4. The molecule has 0 saturated carbocycles. The second-order valence-corrected chi connectivity index (χ2v) is 5.69. The number of aromatic nitrogens is 4. The summed E-state index contributed by atoms with van der Waals surface area (Å²) in [5.41, 5.74) is 1.66. The van der Waals surface area contributed by atoms with Crippen LogP contribution in [0.3, 0.4) is 0 Å². The standard InChI is InChI=1S/C14H22N6/c1-10(2)20(7-11-5-3-4-6-15-11)14-12-13(17-8-16-12)18-9-19-14/h8-11,15H,3-7H2,1-2H3,(H,16,17,18,19). The molecule has 108 valence electrons. The first-order valence-corrected chi connectivity index (χ1v) is 7.40. The van der Waals surface area contributed by atoms with E-state index < -0.39 is 0 Å². The van der Waals surface area contributed by atoms with E-state index in [4.69, 9.17) is 0 Å². The minimum Gasteiger partial charge on any atom is -0.351 e. The van der Waals surface area contributed by atoms with E-state index in [2.05, 4.69) is 44.0 Å². The largest absolute Gasteiger partial charge is 0.351 e. The van der Waals surface area contributed by atoms with Crippen molar-refractivity contribution in [2.45, 2.75) is 45.2 Å². The van der Waals surface area contributed by atoms with Gasteiger partial charge in [0.25, 0.3) is 0 Å². The van der Waals surface area contributed by atoms with Crippen LogP contribution in [0.25, 0.3) is 11.2 Å². The van der Waals surface area contributed by atoms with Crippen LogP contribution in [0.1, 0.15) is 33.1 Å². The van der Waals surface area contributed by atoms with Crippen molar-refractivity contribution >= 4 is 17.0 Å². The third kappa shape index (κ3) is 2.60. The van der Waals surface area contributed by atoms with Crippen molar-refractivity contribution in [1.82, 2.24) is 25.3 Å². The molecule has 1 fully saturated rings. The van der Waals surface area contributed by atoms with Gasteiger partial charge < -0.3 is 15.2 Å². The lowest BCUT2D eigenvalue weighted by Gasteiger charge is -2.34. The monoisotopic (exact) mass is 274 g/mol. The third-order valence-corrected chi connectivity index (χ3v) is 3.93. The second kappa shape index (κ2) is 5.75. The average Bonchev–Trinajstić information content (AvgIpc) is 2.94. The molecule has 6 heteroatoms. The van der Waals surface area contributed by atoms with Gasteiger partial charge in [-0.2, -0.15) is 0 Å². The molecule has 1 saturated heterocycles. The van der Waals surface area contributed by atoms with Gasteiger partial charge in [0.05, 0.1) is 6.33 Å². The maximum Gasteiger partial charge on any atom is 0.182 e. The van der Waals surface area contributed by atoms with E-state index in [9.17, 15) is 0 Å². The van der Waals surface area contributed by atoms with E-state index >= 15 is 0 Å². The minimum atomic E-state index is 0.389. The molecule has 2 aromatic rings. The first-order valence-electron chi connectivity index (χ1n) is 7.40. The molecule has 2 N–H and O–H groups in total. The number of imidazole rings is 1. The van der Waals surface area contributed by atoms with Crippen molar-refractivity contribution in [2.24, 2.45) is 0 Å². The highest BCUT2D eigenvalue weighted by atomic mass is 15.2. The lowest BCUT2D eigenvalue weighted by atomic mass is 10.0. The predicted molar refractivity (Wildman–Crippen MR) is 79.8 cm³/mol. The fraction of sp³-hybridized carbons (Fsp3) is 0.643. The van der Waals surface area contributed by atoms with Crippen molar-refractivity contribution in [3.63, 3.8) is 0 Å². The van der Waals surface area contributed by atoms with Gasteiger partial charge in [0.15, 0.2) is 11.5 Å². The summed E-state index contributed by atoms with van der Waals surface area (Å²) >= 11 is 0. The summed E-state index contributed by atoms with van der Waals surface area (Å²) in [7, 11) is 0. The van der Waals surface area contributed by atoms with Gasteiger partial charge in [-0.1, -0.05) is 6.42 Å². The van der Waals surface area contributed by atoms with Crippen LogP contribution >= 0.6 is 0 Å². The Kier molecular flexibility index (Phi) is 3.82. The van der Waals surface area contributed by atoms with Crippen LogP contribution in [0.2, 0.25) is 0 Å². The highest BCUT2D eigenvalue weighted by molar-refractivity contribution is 5.82. The van der Waals surface area contributed by atoms with Crippen LogP contribution in [0, 0.1) is 0 Å².